The van der Waals surface area contributed by atoms with Gasteiger partial charge in [0, 0.05) is 18.6 Å². The van der Waals surface area contributed by atoms with Crippen LogP contribution in [0.4, 0.5) is 0 Å². The number of methoxy groups -OCH3 is 3. The lowest BCUT2D eigenvalue weighted by molar-refractivity contribution is -0.0595. The van der Waals surface area contributed by atoms with Crippen molar-refractivity contribution in [3.63, 3.8) is 0 Å². The predicted molar refractivity (Wildman–Crippen MR) is 113 cm³/mol. The molecule has 2 atom stereocenters. The molecule has 29 heavy (non-hydrogen) atoms. The molecule has 2 aliphatic heterocycles. The van der Waals surface area contributed by atoms with Crippen molar-refractivity contribution >= 4 is 0 Å². The lowest BCUT2D eigenvalue weighted by Crippen LogP contribution is -2.49. The number of piperidine rings is 1. The largest absolute Gasteiger partial charge is 0.497 e. The van der Waals surface area contributed by atoms with Crippen molar-refractivity contribution < 1.29 is 19.3 Å². The first-order valence-corrected chi connectivity index (χ1v) is 10.3. The number of benzene rings is 2. The molecule has 2 bridgehead atoms. The van der Waals surface area contributed by atoms with Crippen molar-refractivity contribution in [2.24, 2.45) is 0 Å². The first kappa shape index (κ1) is 20.0. The van der Waals surface area contributed by atoms with Gasteiger partial charge in [-0.1, -0.05) is 12.1 Å². The summed E-state index contributed by atoms with van der Waals surface area (Å²) in [6.45, 7) is 3.00. The molecule has 2 heterocycles. The van der Waals surface area contributed by atoms with Gasteiger partial charge in [-0.2, -0.15) is 0 Å². The van der Waals surface area contributed by atoms with E-state index < -0.39 is 5.60 Å². The number of rotatable bonds is 6. The van der Waals surface area contributed by atoms with Crippen molar-refractivity contribution in [3.05, 3.63) is 53.1 Å². The number of hydrogen-bond donors (Lipinski definition) is 1. The zero-order valence-electron chi connectivity index (χ0n) is 17.8. The second-order valence-corrected chi connectivity index (χ2v) is 8.36. The van der Waals surface area contributed by atoms with Crippen molar-refractivity contribution in [1.82, 2.24) is 4.90 Å². The first-order valence-electron chi connectivity index (χ1n) is 10.3. The van der Waals surface area contributed by atoms with Crippen LogP contribution in [-0.2, 0) is 12.1 Å². The highest BCUT2D eigenvalue weighted by atomic mass is 16.5. The lowest BCUT2D eigenvalue weighted by atomic mass is 9.80. The highest BCUT2D eigenvalue weighted by Gasteiger charge is 2.48. The van der Waals surface area contributed by atoms with Gasteiger partial charge in [-0.25, -0.2) is 0 Å². The zero-order chi connectivity index (χ0) is 20.6. The van der Waals surface area contributed by atoms with Crippen LogP contribution in [0.15, 0.2) is 36.4 Å². The lowest BCUT2D eigenvalue weighted by Gasteiger charge is -2.44. The van der Waals surface area contributed by atoms with E-state index in [9.17, 15) is 5.11 Å². The highest BCUT2D eigenvalue weighted by Crippen LogP contribution is 2.47. The highest BCUT2D eigenvalue weighted by molar-refractivity contribution is 5.47. The van der Waals surface area contributed by atoms with Gasteiger partial charge in [0.15, 0.2) is 11.5 Å². The monoisotopic (exact) mass is 397 g/mol. The van der Waals surface area contributed by atoms with Crippen LogP contribution in [0.25, 0.3) is 0 Å². The van der Waals surface area contributed by atoms with Crippen LogP contribution in [0.3, 0.4) is 0 Å². The number of aliphatic hydroxyl groups is 1. The molecule has 156 valence electrons. The Morgan fingerprint density at radius 2 is 1.52 bits per heavy atom. The Bertz CT molecular complexity index is 850. The third-order valence-electron chi connectivity index (χ3n) is 6.74. The quantitative estimate of drug-likeness (QED) is 0.797. The van der Waals surface area contributed by atoms with Crippen molar-refractivity contribution in [2.75, 3.05) is 21.3 Å². The van der Waals surface area contributed by atoms with E-state index in [0.717, 1.165) is 55.0 Å². The fraction of sp³-hybridized carbons (Fsp3) is 0.500. The molecule has 2 aliphatic rings. The molecule has 1 N–H and O–H groups in total. The summed E-state index contributed by atoms with van der Waals surface area (Å²) in [5.74, 6) is 2.36. The van der Waals surface area contributed by atoms with Crippen molar-refractivity contribution in [1.29, 1.82) is 0 Å². The van der Waals surface area contributed by atoms with Crippen molar-refractivity contribution in [3.8, 4) is 17.2 Å². The van der Waals surface area contributed by atoms with Crippen LogP contribution in [0.5, 0.6) is 17.2 Å². The van der Waals surface area contributed by atoms with Crippen molar-refractivity contribution in [2.45, 2.75) is 56.8 Å². The Morgan fingerprint density at radius 3 is 2.07 bits per heavy atom. The molecule has 2 saturated heterocycles. The molecule has 0 spiro atoms. The van der Waals surface area contributed by atoms with Gasteiger partial charge in [0.05, 0.1) is 26.9 Å². The molecule has 2 fully saturated rings. The van der Waals surface area contributed by atoms with Gasteiger partial charge in [-0.3, -0.25) is 4.90 Å². The maximum absolute atomic E-state index is 11.5. The predicted octanol–water partition coefficient (Wildman–Crippen LogP) is 4.04. The second kappa shape index (κ2) is 7.88. The van der Waals surface area contributed by atoms with Gasteiger partial charge in [-0.05, 0) is 73.6 Å². The van der Waals surface area contributed by atoms with Crippen LogP contribution in [0, 0.1) is 6.92 Å². The van der Waals surface area contributed by atoms with Crippen LogP contribution in [0.1, 0.15) is 42.4 Å². The van der Waals surface area contributed by atoms with Gasteiger partial charge in [0.1, 0.15) is 5.75 Å². The molecule has 5 heteroatoms. The van der Waals surface area contributed by atoms with Gasteiger partial charge in [0.25, 0.3) is 0 Å². The van der Waals surface area contributed by atoms with Gasteiger partial charge in [0.2, 0.25) is 0 Å². The minimum Gasteiger partial charge on any atom is -0.497 e. The summed E-state index contributed by atoms with van der Waals surface area (Å²) in [5.41, 5.74) is 2.70. The summed E-state index contributed by atoms with van der Waals surface area (Å²) in [5, 5.41) is 11.5. The topological polar surface area (TPSA) is 51.2 Å². The summed E-state index contributed by atoms with van der Waals surface area (Å²) in [4.78, 5) is 2.58. The summed E-state index contributed by atoms with van der Waals surface area (Å²) < 4.78 is 16.2. The van der Waals surface area contributed by atoms with Gasteiger partial charge >= 0.3 is 0 Å². The molecule has 4 rings (SSSR count). The Labute approximate surface area is 173 Å². The minimum atomic E-state index is -0.763. The number of fused-ring (bicyclic) bond motifs is 2. The molecule has 0 amide bonds. The normalized spacial score (nSPS) is 26.4. The second-order valence-electron chi connectivity index (χ2n) is 8.36. The molecule has 2 aromatic rings. The summed E-state index contributed by atoms with van der Waals surface area (Å²) in [6.07, 6.45) is 3.80. The van der Waals surface area contributed by atoms with E-state index in [2.05, 4.69) is 17.9 Å². The zero-order valence-corrected chi connectivity index (χ0v) is 17.8. The maximum Gasteiger partial charge on any atom is 0.161 e. The number of hydrogen-bond acceptors (Lipinski definition) is 5. The number of ether oxygens (including phenoxy) is 3. The Kier molecular flexibility index (Phi) is 5.45. The molecule has 0 saturated carbocycles. The number of aryl methyl sites for hydroxylation is 1. The molecule has 0 aliphatic carbocycles. The minimum absolute atomic E-state index is 0.383. The summed E-state index contributed by atoms with van der Waals surface area (Å²) in [6, 6.07) is 12.8. The number of nitrogens with zero attached hydrogens (tertiary/aromatic N) is 1. The smallest absolute Gasteiger partial charge is 0.161 e. The molecule has 0 aromatic heterocycles. The van der Waals surface area contributed by atoms with E-state index >= 15 is 0 Å². The van der Waals surface area contributed by atoms with E-state index in [1.54, 1.807) is 21.3 Å². The van der Waals surface area contributed by atoms with E-state index in [-0.39, 0.29) is 0 Å². The SMILES string of the molecule is COc1ccc(C2(O)C[C@H]3CC[C@H](C2)N3Cc2cc(OC)c(OC)cc2C)cc1. The van der Waals surface area contributed by atoms with E-state index in [1.807, 2.05) is 30.3 Å². The van der Waals surface area contributed by atoms with Gasteiger partial charge < -0.3 is 19.3 Å². The third kappa shape index (κ3) is 3.69. The summed E-state index contributed by atoms with van der Waals surface area (Å²) >= 11 is 0. The fourth-order valence-corrected chi connectivity index (χ4v) is 5.10. The van der Waals surface area contributed by atoms with Crippen LogP contribution >= 0.6 is 0 Å². The molecule has 2 aromatic carbocycles. The fourth-order valence-electron chi connectivity index (χ4n) is 5.10. The average Bonchev–Trinajstić information content (AvgIpc) is 2.98. The van der Waals surface area contributed by atoms with Crippen LogP contribution < -0.4 is 14.2 Å². The Hall–Kier alpha value is -2.24. The first-order chi connectivity index (χ1) is 14.0. The average molecular weight is 398 g/mol. The molecule has 0 radical (unpaired) electrons. The summed E-state index contributed by atoms with van der Waals surface area (Å²) in [7, 11) is 5.01. The van der Waals surface area contributed by atoms with E-state index in [0.29, 0.717) is 12.1 Å². The maximum atomic E-state index is 11.5. The molecule has 0 unspecified atom stereocenters. The van der Waals surface area contributed by atoms with Gasteiger partial charge in [-0.15, -0.1) is 0 Å². The standard InChI is InChI=1S/C24H31NO4/c1-16-11-22(28-3)23(29-4)12-17(16)15-25-19-7-8-20(25)14-24(26,13-19)18-5-9-21(27-2)10-6-18/h5-6,9-12,19-20,26H,7-8,13-15H2,1-4H3/t19-,20-/m1/s1. The van der Waals surface area contributed by atoms with Crippen LogP contribution in [-0.4, -0.2) is 43.4 Å². The molecular weight excluding hydrogens is 366 g/mol. The van der Waals surface area contributed by atoms with E-state index in [4.69, 9.17) is 14.2 Å². The molecular formula is C24H31NO4. The Morgan fingerprint density at radius 1 is 0.931 bits per heavy atom. The van der Waals surface area contributed by atoms with E-state index in [1.165, 1.54) is 11.1 Å². The third-order valence-corrected chi connectivity index (χ3v) is 6.74. The Balaban J connectivity index is 1.54. The van der Waals surface area contributed by atoms with Crippen LogP contribution in [0.2, 0.25) is 0 Å². The molecule has 5 nitrogen and oxygen atoms in total.